The van der Waals surface area contributed by atoms with Crippen molar-refractivity contribution < 1.29 is 4.43 Å². The molecule has 0 aromatic carbocycles. The van der Waals surface area contributed by atoms with Crippen LogP contribution in [0.2, 0.25) is 15.6 Å². The maximum atomic E-state index is 6.82. The highest BCUT2D eigenvalue weighted by atomic mass is 28.4. The summed E-state index contributed by atoms with van der Waals surface area (Å²) < 4.78 is 6.82. The summed E-state index contributed by atoms with van der Waals surface area (Å²) >= 11 is 0. The van der Waals surface area contributed by atoms with E-state index in [0.717, 1.165) is 12.1 Å². The minimum Gasteiger partial charge on any atom is -0.415 e. The third-order valence-corrected chi connectivity index (χ3v) is 11.8. The molecule has 0 bridgehead atoms. The Morgan fingerprint density at radius 2 is 1.42 bits per heavy atom. The van der Waals surface area contributed by atoms with Crippen molar-refractivity contribution >= 4 is 8.32 Å². The molecule has 19 heavy (non-hydrogen) atoms. The molecule has 1 saturated carbocycles. The maximum Gasteiger partial charge on any atom is 0.206 e. The smallest absolute Gasteiger partial charge is 0.206 e. The third-order valence-electron chi connectivity index (χ3n) is 4.99. The van der Waals surface area contributed by atoms with E-state index in [0.29, 0.717) is 10.1 Å². The summed E-state index contributed by atoms with van der Waals surface area (Å²) in [6, 6.07) is 0. The van der Waals surface area contributed by atoms with Crippen molar-refractivity contribution in [3.63, 3.8) is 0 Å². The highest BCUT2D eigenvalue weighted by molar-refractivity contribution is 6.80. The second-order valence-electron chi connectivity index (χ2n) is 8.42. The molecule has 1 aliphatic carbocycles. The van der Waals surface area contributed by atoms with E-state index in [1.165, 1.54) is 38.5 Å². The molecule has 0 amide bonds. The minimum atomic E-state index is -1.80. The molecule has 0 atom stereocenters. The molecule has 0 heterocycles. The van der Waals surface area contributed by atoms with E-state index in [9.17, 15) is 0 Å². The Morgan fingerprint density at radius 3 is 1.79 bits per heavy atom. The van der Waals surface area contributed by atoms with Crippen molar-refractivity contribution in [2.24, 2.45) is 0 Å². The molecule has 0 N–H and O–H groups in total. The Kier molecular flexibility index (Phi) is 5.71. The molecule has 1 fully saturated rings. The third kappa shape index (κ3) is 3.44. The normalized spacial score (nSPS) is 19.1. The molecule has 1 rings (SSSR count). The Hall–Kier alpha value is 0.177. The minimum absolute atomic E-state index is 0.327. The van der Waals surface area contributed by atoms with Crippen LogP contribution in [0.3, 0.4) is 0 Å². The summed E-state index contributed by atoms with van der Waals surface area (Å²) in [5, 5.41) is 0.655. The van der Waals surface area contributed by atoms with Crippen LogP contribution in [-0.4, -0.2) is 14.9 Å². The zero-order valence-electron chi connectivity index (χ0n) is 14.4. The van der Waals surface area contributed by atoms with E-state index in [1.54, 1.807) is 0 Å². The first-order valence-corrected chi connectivity index (χ1v) is 10.3. The van der Waals surface area contributed by atoms with Crippen LogP contribution in [0.1, 0.15) is 87.0 Å². The standard InChI is InChI=1S/C17H36OSi/c1-8-9-14-18-19(16(2,3)4,17(5,6)7)15-12-10-11-13-15/h15H,8-14H2,1-7H3. The van der Waals surface area contributed by atoms with Crippen molar-refractivity contribution in [2.45, 2.75) is 103 Å². The van der Waals surface area contributed by atoms with Gasteiger partial charge in [-0.2, -0.15) is 0 Å². The van der Waals surface area contributed by atoms with E-state index in [1.807, 2.05) is 0 Å². The lowest BCUT2D eigenvalue weighted by atomic mass is 10.2. The Morgan fingerprint density at radius 1 is 0.947 bits per heavy atom. The van der Waals surface area contributed by atoms with Crippen LogP contribution < -0.4 is 0 Å². The summed E-state index contributed by atoms with van der Waals surface area (Å²) in [5.41, 5.74) is 0.865. The molecular weight excluding hydrogens is 248 g/mol. The molecule has 0 aliphatic heterocycles. The largest absolute Gasteiger partial charge is 0.415 e. The van der Waals surface area contributed by atoms with Crippen molar-refractivity contribution in [2.75, 3.05) is 6.61 Å². The van der Waals surface area contributed by atoms with Crippen LogP contribution in [0, 0.1) is 0 Å². The van der Waals surface area contributed by atoms with Crippen LogP contribution >= 0.6 is 0 Å². The molecule has 1 aliphatic rings. The van der Waals surface area contributed by atoms with E-state index in [-0.39, 0.29) is 0 Å². The van der Waals surface area contributed by atoms with Crippen LogP contribution in [0.25, 0.3) is 0 Å². The summed E-state index contributed by atoms with van der Waals surface area (Å²) in [5.74, 6) is 0. The fourth-order valence-corrected chi connectivity index (χ4v) is 12.1. The molecule has 0 aromatic rings. The molecular formula is C17H36OSi. The Balaban J connectivity index is 3.09. The first-order chi connectivity index (χ1) is 8.67. The number of rotatable bonds is 5. The molecule has 114 valence electrons. The number of hydrogen-bond acceptors (Lipinski definition) is 1. The summed E-state index contributed by atoms with van der Waals surface area (Å²) in [4.78, 5) is 0. The maximum absolute atomic E-state index is 6.82. The summed E-state index contributed by atoms with van der Waals surface area (Å²) in [7, 11) is -1.80. The highest BCUT2D eigenvalue weighted by Gasteiger charge is 2.59. The fraction of sp³-hybridized carbons (Fsp3) is 1.00. The zero-order valence-corrected chi connectivity index (χ0v) is 15.4. The van der Waals surface area contributed by atoms with Crippen molar-refractivity contribution in [3.8, 4) is 0 Å². The van der Waals surface area contributed by atoms with Crippen molar-refractivity contribution in [1.82, 2.24) is 0 Å². The topological polar surface area (TPSA) is 9.23 Å². The van der Waals surface area contributed by atoms with Gasteiger partial charge in [-0.25, -0.2) is 0 Å². The van der Waals surface area contributed by atoms with E-state index in [4.69, 9.17) is 4.43 Å². The number of unbranched alkanes of at least 4 members (excludes halogenated alkanes) is 1. The molecule has 0 radical (unpaired) electrons. The van der Waals surface area contributed by atoms with Gasteiger partial charge < -0.3 is 4.43 Å². The van der Waals surface area contributed by atoms with Gasteiger partial charge in [-0.1, -0.05) is 80.6 Å². The van der Waals surface area contributed by atoms with Gasteiger partial charge in [0, 0.05) is 6.61 Å². The molecule has 0 aromatic heterocycles. The van der Waals surface area contributed by atoms with Gasteiger partial charge in [0.25, 0.3) is 0 Å². The first-order valence-electron chi connectivity index (χ1n) is 8.31. The zero-order chi connectivity index (χ0) is 14.7. The van der Waals surface area contributed by atoms with Crippen LogP contribution in [0.15, 0.2) is 0 Å². The van der Waals surface area contributed by atoms with Gasteiger partial charge in [0.1, 0.15) is 0 Å². The van der Waals surface area contributed by atoms with Crippen molar-refractivity contribution in [3.05, 3.63) is 0 Å². The lowest BCUT2D eigenvalue weighted by molar-refractivity contribution is 0.240. The predicted molar refractivity (Wildman–Crippen MR) is 88.3 cm³/mol. The summed E-state index contributed by atoms with van der Waals surface area (Å²) in [6.07, 6.45) is 8.11. The fourth-order valence-electron chi connectivity index (χ4n) is 4.61. The Labute approximate surface area is 122 Å². The van der Waals surface area contributed by atoms with Gasteiger partial charge in [0.15, 0.2) is 0 Å². The SMILES string of the molecule is CCCCO[Si](C1CCCC1)(C(C)(C)C)C(C)(C)C. The molecule has 0 saturated heterocycles. The average Bonchev–Trinajstić information content (AvgIpc) is 2.74. The monoisotopic (exact) mass is 284 g/mol. The van der Waals surface area contributed by atoms with Gasteiger partial charge in [-0.3, -0.25) is 0 Å². The second kappa shape index (κ2) is 6.30. The van der Waals surface area contributed by atoms with Crippen molar-refractivity contribution in [1.29, 1.82) is 0 Å². The molecule has 0 spiro atoms. The first kappa shape index (κ1) is 17.2. The molecule has 1 nitrogen and oxygen atoms in total. The van der Waals surface area contributed by atoms with E-state index in [2.05, 4.69) is 48.5 Å². The van der Waals surface area contributed by atoms with Gasteiger partial charge >= 0.3 is 0 Å². The predicted octanol–water partition coefficient (Wildman–Crippen LogP) is 6.29. The van der Waals surface area contributed by atoms with Gasteiger partial charge in [0.05, 0.1) is 0 Å². The summed E-state index contributed by atoms with van der Waals surface area (Å²) in [6.45, 7) is 17.9. The lowest BCUT2D eigenvalue weighted by Gasteiger charge is -2.54. The van der Waals surface area contributed by atoms with E-state index >= 15 is 0 Å². The van der Waals surface area contributed by atoms with Gasteiger partial charge in [-0.05, 0) is 22.0 Å². The Bertz CT molecular complexity index is 252. The van der Waals surface area contributed by atoms with Gasteiger partial charge in [-0.15, -0.1) is 0 Å². The van der Waals surface area contributed by atoms with Crippen LogP contribution in [0.5, 0.6) is 0 Å². The molecule has 0 unspecified atom stereocenters. The van der Waals surface area contributed by atoms with E-state index < -0.39 is 8.32 Å². The lowest BCUT2D eigenvalue weighted by Crippen LogP contribution is -2.57. The van der Waals surface area contributed by atoms with Gasteiger partial charge in [0.2, 0.25) is 8.32 Å². The quantitative estimate of drug-likeness (QED) is 0.425. The number of hydrogen-bond donors (Lipinski definition) is 0. The van der Waals surface area contributed by atoms with Crippen LogP contribution in [0.4, 0.5) is 0 Å². The molecule has 2 heteroatoms. The second-order valence-corrected chi connectivity index (χ2v) is 14.0. The van der Waals surface area contributed by atoms with Crippen LogP contribution in [-0.2, 0) is 4.43 Å². The average molecular weight is 285 g/mol. The highest BCUT2D eigenvalue weighted by Crippen LogP contribution is 2.61.